The molecule has 3 aliphatic rings. The molecule has 17 heavy (non-hydrogen) atoms. The molecule has 4 nitrogen and oxygen atoms in total. The van der Waals surface area contributed by atoms with E-state index in [1.54, 1.807) is 4.90 Å². The Morgan fingerprint density at radius 1 is 1.18 bits per heavy atom. The molecule has 3 rings (SSSR count). The summed E-state index contributed by atoms with van der Waals surface area (Å²) in [6.45, 7) is 1.71. The number of hydrogen-bond donors (Lipinski definition) is 1. The number of imide groups is 1. The maximum absolute atomic E-state index is 12.6. The van der Waals surface area contributed by atoms with Crippen LogP contribution in [0.3, 0.4) is 0 Å². The molecule has 1 saturated carbocycles. The summed E-state index contributed by atoms with van der Waals surface area (Å²) < 4.78 is 0. The number of carbonyl (C=O) groups excluding carboxylic acids is 2. The molecule has 2 amide bonds. The van der Waals surface area contributed by atoms with E-state index in [4.69, 9.17) is 0 Å². The van der Waals surface area contributed by atoms with Gasteiger partial charge in [0.05, 0.1) is 11.5 Å². The summed E-state index contributed by atoms with van der Waals surface area (Å²) in [5.74, 6) is 0.210. The lowest BCUT2D eigenvalue weighted by atomic mass is 9.73. The average molecular weight is 236 g/mol. The van der Waals surface area contributed by atoms with Gasteiger partial charge < -0.3 is 5.32 Å². The first-order valence-corrected chi connectivity index (χ1v) is 6.80. The van der Waals surface area contributed by atoms with Gasteiger partial charge in [-0.25, -0.2) is 0 Å². The first-order valence-electron chi connectivity index (χ1n) is 6.80. The molecule has 2 aliphatic heterocycles. The van der Waals surface area contributed by atoms with Crippen LogP contribution in [0.5, 0.6) is 0 Å². The summed E-state index contributed by atoms with van der Waals surface area (Å²) in [5, 5.41) is 3.24. The fourth-order valence-corrected chi connectivity index (χ4v) is 3.67. The van der Waals surface area contributed by atoms with Crippen molar-refractivity contribution in [3.8, 4) is 0 Å². The molecule has 0 radical (unpaired) electrons. The number of hydrogen-bond acceptors (Lipinski definition) is 3. The van der Waals surface area contributed by atoms with Gasteiger partial charge in [0.1, 0.15) is 0 Å². The average Bonchev–Trinajstić information content (AvgIpc) is 2.90. The fourth-order valence-electron chi connectivity index (χ4n) is 3.67. The molecule has 0 aromatic heterocycles. The Kier molecular flexibility index (Phi) is 2.69. The Hall–Kier alpha value is -0.900. The Morgan fingerprint density at radius 2 is 1.94 bits per heavy atom. The van der Waals surface area contributed by atoms with Gasteiger partial charge in [-0.2, -0.15) is 0 Å². The summed E-state index contributed by atoms with van der Waals surface area (Å²) in [4.78, 5) is 26.3. The summed E-state index contributed by atoms with van der Waals surface area (Å²) in [7, 11) is 0. The molecule has 1 N–H and O–H groups in total. The van der Waals surface area contributed by atoms with Crippen molar-refractivity contribution in [3.05, 3.63) is 0 Å². The third kappa shape index (κ3) is 1.69. The van der Waals surface area contributed by atoms with E-state index in [1.165, 1.54) is 6.42 Å². The molecule has 0 aromatic carbocycles. The van der Waals surface area contributed by atoms with Crippen LogP contribution in [-0.4, -0.2) is 35.8 Å². The van der Waals surface area contributed by atoms with Crippen molar-refractivity contribution in [1.82, 2.24) is 10.2 Å². The zero-order chi connectivity index (χ0) is 11.9. The normalized spacial score (nSPS) is 32.7. The van der Waals surface area contributed by atoms with Crippen LogP contribution < -0.4 is 5.32 Å². The van der Waals surface area contributed by atoms with E-state index in [1.807, 2.05) is 0 Å². The first kappa shape index (κ1) is 11.2. The van der Waals surface area contributed by atoms with Crippen molar-refractivity contribution in [2.75, 3.05) is 13.1 Å². The van der Waals surface area contributed by atoms with Gasteiger partial charge in [-0.3, -0.25) is 14.5 Å². The molecule has 94 valence electrons. The van der Waals surface area contributed by atoms with E-state index >= 15 is 0 Å². The molecule has 2 heterocycles. The topological polar surface area (TPSA) is 49.4 Å². The Balaban J connectivity index is 1.82. The van der Waals surface area contributed by atoms with Gasteiger partial charge in [0, 0.05) is 13.0 Å². The predicted octanol–water partition coefficient (Wildman–Crippen LogP) is 1.06. The second-order valence-electron chi connectivity index (χ2n) is 5.73. The van der Waals surface area contributed by atoms with Gasteiger partial charge in [-0.05, 0) is 25.8 Å². The summed E-state index contributed by atoms with van der Waals surface area (Å²) in [5.41, 5.74) is -0.308. The van der Waals surface area contributed by atoms with Crippen molar-refractivity contribution < 1.29 is 9.59 Å². The summed E-state index contributed by atoms with van der Waals surface area (Å²) >= 11 is 0. The van der Waals surface area contributed by atoms with E-state index in [-0.39, 0.29) is 23.3 Å². The standard InChI is InChI=1S/C13H20N2O2/c16-11-8-13(5-2-1-3-6-13)12(17)15(11)10-4-7-14-9-10/h10,14H,1-9H2. The minimum atomic E-state index is -0.308. The van der Waals surface area contributed by atoms with E-state index in [9.17, 15) is 9.59 Å². The third-order valence-corrected chi connectivity index (χ3v) is 4.64. The highest BCUT2D eigenvalue weighted by Crippen LogP contribution is 2.46. The van der Waals surface area contributed by atoms with Crippen LogP contribution in [-0.2, 0) is 9.59 Å². The number of nitrogens with one attached hydrogen (secondary N) is 1. The molecule has 3 fully saturated rings. The van der Waals surface area contributed by atoms with Gasteiger partial charge >= 0.3 is 0 Å². The molecule has 2 saturated heterocycles. The zero-order valence-electron chi connectivity index (χ0n) is 10.2. The number of likely N-dealkylation sites (tertiary alicyclic amines) is 1. The van der Waals surface area contributed by atoms with E-state index in [2.05, 4.69) is 5.32 Å². The highest BCUT2D eigenvalue weighted by molar-refractivity contribution is 6.06. The first-order chi connectivity index (χ1) is 8.23. The summed E-state index contributed by atoms with van der Waals surface area (Å²) in [6.07, 6.45) is 6.68. The van der Waals surface area contributed by atoms with Gasteiger partial charge in [0.25, 0.3) is 0 Å². The molecular weight excluding hydrogens is 216 g/mol. The van der Waals surface area contributed by atoms with Crippen molar-refractivity contribution in [2.24, 2.45) is 5.41 Å². The number of rotatable bonds is 1. The quantitative estimate of drug-likeness (QED) is 0.693. The zero-order valence-corrected chi connectivity index (χ0v) is 10.2. The van der Waals surface area contributed by atoms with Crippen LogP contribution in [0.1, 0.15) is 44.9 Å². The van der Waals surface area contributed by atoms with Crippen molar-refractivity contribution in [2.45, 2.75) is 51.0 Å². The largest absolute Gasteiger partial charge is 0.315 e. The number of nitrogens with zero attached hydrogens (tertiary/aromatic N) is 1. The highest BCUT2D eigenvalue weighted by atomic mass is 16.2. The Bertz CT molecular complexity index is 341. The van der Waals surface area contributed by atoms with E-state index in [0.717, 1.165) is 45.2 Å². The number of amides is 2. The molecule has 1 atom stereocenters. The molecule has 1 unspecified atom stereocenters. The van der Waals surface area contributed by atoms with Gasteiger partial charge in [-0.1, -0.05) is 19.3 Å². The van der Waals surface area contributed by atoms with Gasteiger partial charge in [0.2, 0.25) is 11.8 Å². The highest BCUT2D eigenvalue weighted by Gasteiger charge is 2.53. The lowest BCUT2D eigenvalue weighted by Crippen LogP contribution is -2.44. The lowest BCUT2D eigenvalue weighted by Gasteiger charge is -2.31. The second-order valence-corrected chi connectivity index (χ2v) is 5.73. The van der Waals surface area contributed by atoms with Crippen LogP contribution in [0.4, 0.5) is 0 Å². The summed E-state index contributed by atoms with van der Waals surface area (Å²) in [6, 6.07) is 0.122. The van der Waals surface area contributed by atoms with E-state index < -0.39 is 0 Å². The maximum atomic E-state index is 12.6. The smallest absolute Gasteiger partial charge is 0.236 e. The molecule has 4 heteroatoms. The third-order valence-electron chi connectivity index (χ3n) is 4.64. The fraction of sp³-hybridized carbons (Fsp3) is 0.846. The minimum absolute atomic E-state index is 0.0746. The van der Waals surface area contributed by atoms with Crippen molar-refractivity contribution >= 4 is 11.8 Å². The molecular formula is C13H20N2O2. The monoisotopic (exact) mass is 236 g/mol. The molecule has 0 aromatic rings. The van der Waals surface area contributed by atoms with Crippen LogP contribution in [0.15, 0.2) is 0 Å². The Morgan fingerprint density at radius 3 is 2.59 bits per heavy atom. The van der Waals surface area contributed by atoms with E-state index in [0.29, 0.717) is 6.42 Å². The van der Waals surface area contributed by atoms with Crippen molar-refractivity contribution in [3.63, 3.8) is 0 Å². The minimum Gasteiger partial charge on any atom is -0.315 e. The SMILES string of the molecule is O=C1CC2(CCCCC2)C(=O)N1C1CCNC1. The lowest BCUT2D eigenvalue weighted by molar-refractivity contribution is -0.144. The van der Waals surface area contributed by atoms with Crippen LogP contribution in [0.2, 0.25) is 0 Å². The van der Waals surface area contributed by atoms with Crippen LogP contribution >= 0.6 is 0 Å². The molecule has 1 spiro atoms. The van der Waals surface area contributed by atoms with Crippen molar-refractivity contribution in [1.29, 1.82) is 0 Å². The Labute approximate surface area is 102 Å². The maximum Gasteiger partial charge on any atom is 0.236 e. The van der Waals surface area contributed by atoms with Crippen LogP contribution in [0, 0.1) is 5.41 Å². The molecule has 0 bridgehead atoms. The predicted molar refractivity (Wildman–Crippen MR) is 63.3 cm³/mol. The van der Waals surface area contributed by atoms with Gasteiger partial charge in [-0.15, -0.1) is 0 Å². The number of carbonyl (C=O) groups is 2. The second kappa shape index (κ2) is 4.09. The molecule has 1 aliphatic carbocycles. The van der Waals surface area contributed by atoms with Crippen LogP contribution in [0.25, 0.3) is 0 Å². The van der Waals surface area contributed by atoms with Gasteiger partial charge in [0.15, 0.2) is 0 Å².